The van der Waals surface area contributed by atoms with Gasteiger partial charge < -0.3 is 4.74 Å². The molecule has 0 atom stereocenters. The number of amides is 1. The molecule has 5 heteroatoms. The number of hydrogen-bond acceptors (Lipinski definition) is 3. The Labute approximate surface area is 153 Å². The first kappa shape index (κ1) is 19.0. The van der Waals surface area contributed by atoms with Gasteiger partial charge in [0.25, 0.3) is 0 Å². The minimum absolute atomic E-state index is 0.161. The number of carbonyl (C=O) groups is 1. The molecular formula is C20H23ClN2O2. The Morgan fingerprint density at radius 3 is 2.64 bits per heavy atom. The predicted molar refractivity (Wildman–Crippen MR) is 103 cm³/mol. The first-order valence-corrected chi connectivity index (χ1v) is 8.60. The molecule has 1 N–H and O–H groups in total. The summed E-state index contributed by atoms with van der Waals surface area (Å²) in [6.45, 7) is 8.30. The number of hydrogen-bond donors (Lipinski definition) is 1. The molecule has 0 radical (unpaired) electrons. The molecule has 0 aromatic heterocycles. The first-order valence-electron chi connectivity index (χ1n) is 8.22. The van der Waals surface area contributed by atoms with Gasteiger partial charge in [0.15, 0.2) is 0 Å². The van der Waals surface area contributed by atoms with E-state index in [1.807, 2.05) is 39.8 Å². The van der Waals surface area contributed by atoms with Crippen LogP contribution in [-0.4, -0.2) is 18.2 Å². The summed E-state index contributed by atoms with van der Waals surface area (Å²) >= 11 is 6.06. The Kier molecular flexibility index (Phi) is 6.59. The molecule has 0 saturated heterocycles. The monoisotopic (exact) mass is 358 g/mol. The minimum atomic E-state index is -0.161. The van der Waals surface area contributed by atoms with Crippen molar-refractivity contribution in [3.8, 4) is 5.75 Å². The molecule has 4 nitrogen and oxygen atoms in total. The molecule has 132 valence electrons. The van der Waals surface area contributed by atoms with Gasteiger partial charge in [-0.15, -0.1) is 0 Å². The summed E-state index contributed by atoms with van der Waals surface area (Å²) in [6, 6.07) is 11.4. The van der Waals surface area contributed by atoms with Gasteiger partial charge >= 0.3 is 0 Å². The van der Waals surface area contributed by atoms with Crippen LogP contribution < -0.4 is 10.2 Å². The number of nitrogens with one attached hydrogen (secondary N) is 1. The Bertz CT molecular complexity index is 800. The quantitative estimate of drug-likeness (QED) is 0.613. The molecule has 0 fully saturated rings. The molecular weight excluding hydrogens is 336 g/mol. The van der Waals surface area contributed by atoms with E-state index < -0.39 is 0 Å². The van der Waals surface area contributed by atoms with E-state index in [1.165, 1.54) is 5.56 Å². The summed E-state index contributed by atoms with van der Waals surface area (Å²) in [5.74, 6) is 0.531. The second-order valence-corrected chi connectivity index (χ2v) is 6.35. The highest BCUT2D eigenvalue weighted by atomic mass is 35.5. The molecule has 2 aromatic rings. The Hall–Kier alpha value is -2.33. The Morgan fingerprint density at radius 2 is 1.96 bits per heavy atom. The molecule has 0 unspecified atom stereocenters. The topological polar surface area (TPSA) is 50.7 Å². The van der Waals surface area contributed by atoms with Crippen LogP contribution in [0.3, 0.4) is 0 Å². The fourth-order valence-electron chi connectivity index (χ4n) is 2.53. The molecule has 0 heterocycles. The number of benzene rings is 2. The molecule has 0 saturated carbocycles. The van der Waals surface area contributed by atoms with E-state index >= 15 is 0 Å². The third-order valence-electron chi connectivity index (χ3n) is 3.83. The van der Waals surface area contributed by atoms with Gasteiger partial charge in [-0.1, -0.05) is 35.4 Å². The van der Waals surface area contributed by atoms with Crippen LogP contribution in [0.2, 0.25) is 5.02 Å². The van der Waals surface area contributed by atoms with Gasteiger partial charge in [-0.3, -0.25) is 4.79 Å². The highest BCUT2D eigenvalue weighted by Gasteiger charge is 2.10. The summed E-state index contributed by atoms with van der Waals surface area (Å²) in [4.78, 5) is 12.2. The second-order valence-electron chi connectivity index (χ2n) is 5.91. The second kappa shape index (κ2) is 8.67. The maximum absolute atomic E-state index is 12.2. The van der Waals surface area contributed by atoms with E-state index in [1.54, 1.807) is 18.2 Å². The van der Waals surface area contributed by atoms with Crippen molar-refractivity contribution in [1.29, 1.82) is 0 Å². The summed E-state index contributed by atoms with van der Waals surface area (Å²) in [5, 5.41) is 4.79. The van der Waals surface area contributed by atoms with Gasteiger partial charge in [-0.25, -0.2) is 5.43 Å². The van der Waals surface area contributed by atoms with Crippen LogP contribution in [0.1, 0.15) is 36.1 Å². The number of ether oxygens (including phenoxy) is 1. The number of nitrogens with zero attached hydrogens (tertiary/aromatic N) is 1. The lowest BCUT2D eigenvalue weighted by Crippen LogP contribution is -2.21. The fraction of sp³-hybridized carbons (Fsp3) is 0.300. The van der Waals surface area contributed by atoms with Gasteiger partial charge in [0.1, 0.15) is 5.75 Å². The molecule has 1 amide bonds. The Morgan fingerprint density at radius 1 is 1.20 bits per heavy atom. The molecule has 0 aliphatic heterocycles. The van der Waals surface area contributed by atoms with Gasteiger partial charge in [-0.05, 0) is 57.0 Å². The zero-order valence-corrected chi connectivity index (χ0v) is 15.8. The van der Waals surface area contributed by atoms with Crippen LogP contribution in [0, 0.1) is 13.8 Å². The smallest absolute Gasteiger partial charge is 0.244 e. The average Bonchev–Trinajstić information content (AvgIpc) is 2.57. The van der Waals surface area contributed by atoms with Crippen LogP contribution in [0.4, 0.5) is 0 Å². The number of carbonyl (C=O) groups excluding carboxylic acids is 1. The molecule has 0 spiro atoms. The molecule has 2 rings (SSSR count). The fourth-order valence-corrected chi connectivity index (χ4v) is 2.70. The van der Waals surface area contributed by atoms with E-state index in [2.05, 4.69) is 16.6 Å². The predicted octanol–water partition coefficient (Wildman–Crippen LogP) is 4.44. The summed E-state index contributed by atoms with van der Waals surface area (Å²) < 4.78 is 5.59. The van der Waals surface area contributed by atoms with Crippen LogP contribution >= 0.6 is 11.6 Å². The summed E-state index contributed by atoms with van der Waals surface area (Å²) in [6.07, 6.45) is 0.288. The number of aryl methyl sites for hydroxylation is 2. The van der Waals surface area contributed by atoms with E-state index in [0.29, 0.717) is 23.1 Å². The zero-order chi connectivity index (χ0) is 18.4. The molecule has 0 aliphatic rings. The lowest BCUT2D eigenvalue weighted by molar-refractivity contribution is -0.120. The number of halogens is 1. The molecule has 0 aliphatic carbocycles. The van der Waals surface area contributed by atoms with E-state index in [4.69, 9.17) is 16.3 Å². The van der Waals surface area contributed by atoms with Crippen LogP contribution in [0.15, 0.2) is 41.5 Å². The minimum Gasteiger partial charge on any atom is -0.493 e. The first-order chi connectivity index (χ1) is 11.9. The van der Waals surface area contributed by atoms with Crippen molar-refractivity contribution in [2.45, 2.75) is 34.1 Å². The third kappa shape index (κ3) is 5.33. The van der Waals surface area contributed by atoms with Crippen molar-refractivity contribution >= 4 is 23.2 Å². The largest absolute Gasteiger partial charge is 0.493 e. The van der Waals surface area contributed by atoms with E-state index in [0.717, 1.165) is 16.7 Å². The van der Waals surface area contributed by atoms with Gasteiger partial charge in [0.05, 0.1) is 18.7 Å². The van der Waals surface area contributed by atoms with Gasteiger partial charge in [0, 0.05) is 10.6 Å². The normalized spacial score (nSPS) is 11.3. The SMILES string of the molecule is CCOc1ccc(Cl)cc1/C(C)=N/NC(=O)Cc1ccc(C)cc1C. The molecule has 25 heavy (non-hydrogen) atoms. The average molecular weight is 359 g/mol. The highest BCUT2D eigenvalue weighted by molar-refractivity contribution is 6.31. The number of hydrazone groups is 1. The van der Waals surface area contributed by atoms with Crippen molar-refractivity contribution < 1.29 is 9.53 Å². The summed E-state index contributed by atoms with van der Waals surface area (Å²) in [7, 11) is 0. The van der Waals surface area contributed by atoms with Crippen LogP contribution in [-0.2, 0) is 11.2 Å². The molecule has 0 bridgehead atoms. The maximum Gasteiger partial charge on any atom is 0.244 e. The standard InChI is InChI=1S/C20H23ClN2O2/c1-5-25-19-9-8-17(21)12-18(19)15(4)22-23-20(24)11-16-7-6-13(2)10-14(16)3/h6-10,12H,5,11H2,1-4H3,(H,23,24)/b22-15+. The van der Waals surface area contributed by atoms with Crippen LogP contribution in [0.25, 0.3) is 0 Å². The van der Waals surface area contributed by atoms with Crippen molar-refractivity contribution in [3.05, 3.63) is 63.7 Å². The van der Waals surface area contributed by atoms with Crippen molar-refractivity contribution in [2.24, 2.45) is 5.10 Å². The van der Waals surface area contributed by atoms with Crippen molar-refractivity contribution in [3.63, 3.8) is 0 Å². The Balaban J connectivity index is 2.10. The lowest BCUT2D eigenvalue weighted by atomic mass is 10.0. The van der Waals surface area contributed by atoms with Crippen molar-refractivity contribution in [2.75, 3.05) is 6.61 Å². The zero-order valence-electron chi connectivity index (χ0n) is 15.0. The van der Waals surface area contributed by atoms with E-state index in [-0.39, 0.29) is 12.3 Å². The summed E-state index contributed by atoms with van der Waals surface area (Å²) in [5.41, 5.74) is 7.29. The number of rotatable bonds is 6. The van der Waals surface area contributed by atoms with Gasteiger partial charge in [-0.2, -0.15) is 5.10 Å². The van der Waals surface area contributed by atoms with Crippen molar-refractivity contribution in [1.82, 2.24) is 5.43 Å². The molecule has 2 aromatic carbocycles. The van der Waals surface area contributed by atoms with Crippen LogP contribution in [0.5, 0.6) is 5.75 Å². The highest BCUT2D eigenvalue weighted by Crippen LogP contribution is 2.23. The van der Waals surface area contributed by atoms with E-state index in [9.17, 15) is 4.79 Å². The maximum atomic E-state index is 12.2. The third-order valence-corrected chi connectivity index (χ3v) is 4.06. The lowest BCUT2D eigenvalue weighted by Gasteiger charge is -2.11. The van der Waals surface area contributed by atoms with Gasteiger partial charge in [0.2, 0.25) is 5.91 Å².